The van der Waals surface area contributed by atoms with Gasteiger partial charge in [0.05, 0.1) is 5.56 Å². The Morgan fingerprint density at radius 1 is 1.37 bits per heavy atom. The number of rotatable bonds is 3. The molecule has 1 aromatic carbocycles. The van der Waals surface area contributed by atoms with E-state index in [1.54, 1.807) is 25.3 Å². The zero-order chi connectivity index (χ0) is 13.8. The predicted octanol–water partition coefficient (Wildman–Crippen LogP) is 1.35. The molecule has 0 aromatic heterocycles. The molecule has 0 unspecified atom stereocenters. The van der Waals surface area contributed by atoms with Gasteiger partial charge in [0.1, 0.15) is 0 Å². The van der Waals surface area contributed by atoms with E-state index in [-0.39, 0.29) is 5.91 Å². The lowest BCUT2D eigenvalue weighted by Gasteiger charge is -2.32. The van der Waals surface area contributed by atoms with E-state index in [1.165, 1.54) is 0 Å². The van der Waals surface area contributed by atoms with Gasteiger partial charge in [0, 0.05) is 38.2 Å². The van der Waals surface area contributed by atoms with Gasteiger partial charge in [0.2, 0.25) is 0 Å². The molecule has 0 bridgehead atoms. The van der Waals surface area contributed by atoms with Crippen molar-refractivity contribution in [1.29, 1.82) is 0 Å². The predicted molar refractivity (Wildman–Crippen MR) is 75.8 cm³/mol. The minimum Gasteiger partial charge on any atom is -0.399 e. The van der Waals surface area contributed by atoms with Crippen molar-refractivity contribution < 1.29 is 9.53 Å². The number of nitrogens with zero attached hydrogens (tertiary/aromatic N) is 1. The van der Waals surface area contributed by atoms with Crippen molar-refractivity contribution in [3.05, 3.63) is 23.8 Å². The molecular weight excluding hydrogens is 242 g/mol. The van der Waals surface area contributed by atoms with Crippen LogP contribution < -0.4 is 11.5 Å². The Kier molecular flexibility index (Phi) is 4.27. The number of ether oxygens (including phenoxy) is 1. The number of hydrogen-bond donors (Lipinski definition) is 2. The molecule has 5 nitrogen and oxygen atoms in total. The summed E-state index contributed by atoms with van der Waals surface area (Å²) in [7, 11) is 1.71. The fourth-order valence-corrected chi connectivity index (χ4v) is 2.48. The molecule has 0 atom stereocenters. The average molecular weight is 263 g/mol. The Morgan fingerprint density at radius 2 is 2.05 bits per heavy atom. The molecule has 2 rings (SSSR count). The molecule has 19 heavy (non-hydrogen) atoms. The summed E-state index contributed by atoms with van der Waals surface area (Å²) >= 11 is 0. The molecule has 0 radical (unpaired) electrons. The van der Waals surface area contributed by atoms with Crippen molar-refractivity contribution in [1.82, 2.24) is 4.90 Å². The van der Waals surface area contributed by atoms with E-state index >= 15 is 0 Å². The van der Waals surface area contributed by atoms with E-state index in [0.717, 1.165) is 32.5 Å². The van der Waals surface area contributed by atoms with Gasteiger partial charge in [-0.1, -0.05) is 0 Å². The van der Waals surface area contributed by atoms with Crippen LogP contribution in [0.25, 0.3) is 0 Å². The van der Waals surface area contributed by atoms with Gasteiger partial charge in [-0.3, -0.25) is 4.79 Å². The van der Waals surface area contributed by atoms with Crippen molar-refractivity contribution >= 4 is 17.3 Å². The van der Waals surface area contributed by atoms with Gasteiger partial charge >= 0.3 is 0 Å². The Morgan fingerprint density at radius 3 is 2.63 bits per heavy atom. The lowest BCUT2D eigenvalue weighted by molar-refractivity contribution is 0.0614. The summed E-state index contributed by atoms with van der Waals surface area (Å²) in [4.78, 5) is 14.2. The molecule has 1 aliphatic rings. The van der Waals surface area contributed by atoms with Gasteiger partial charge in [-0.2, -0.15) is 0 Å². The number of hydrogen-bond acceptors (Lipinski definition) is 4. The number of methoxy groups -OCH3 is 1. The van der Waals surface area contributed by atoms with Crippen LogP contribution in [0.5, 0.6) is 0 Å². The van der Waals surface area contributed by atoms with Crippen LogP contribution in [0.2, 0.25) is 0 Å². The molecular formula is C14H21N3O2. The third-order valence-electron chi connectivity index (χ3n) is 3.61. The van der Waals surface area contributed by atoms with Gasteiger partial charge < -0.3 is 21.1 Å². The number of carbonyl (C=O) groups excluding carboxylic acids is 1. The molecule has 5 heteroatoms. The van der Waals surface area contributed by atoms with Gasteiger partial charge in [0.25, 0.3) is 5.91 Å². The fraction of sp³-hybridized carbons (Fsp3) is 0.500. The highest BCUT2D eigenvalue weighted by Crippen LogP contribution is 2.22. The summed E-state index contributed by atoms with van der Waals surface area (Å²) in [5.41, 5.74) is 13.1. The Bertz CT molecular complexity index is 454. The maximum Gasteiger partial charge on any atom is 0.255 e. The van der Waals surface area contributed by atoms with Crippen LogP contribution in [0.1, 0.15) is 23.2 Å². The molecule has 1 heterocycles. The first-order valence-corrected chi connectivity index (χ1v) is 6.55. The zero-order valence-corrected chi connectivity index (χ0v) is 11.3. The molecule has 1 saturated heterocycles. The van der Waals surface area contributed by atoms with Crippen LogP contribution in [0.4, 0.5) is 11.4 Å². The summed E-state index contributed by atoms with van der Waals surface area (Å²) in [6, 6.07) is 5.04. The fourth-order valence-electron chi connectivity index (χ4n) is 2.48. The molecule has 0 saturated carbocycles. The minimum absolute atomic E-state index is 0.00614. The normalized spacial score (nSPS) is 16.6. The molecule has 1 aliphatic heterocycles. The van der Waals surface area contributed by atoms with Crippen LogP contribution in [0, 0.1) is 5.92 Å². The SMILES string of the molecule is COCC1CCN(C(=O)c2ccc(N)cc2N)CC1. The molecule has 1 fully saturated rings. The van der Waals surface area contributed by atoms with Crippen LogP contribution in [0.15, 0.2) is 18.2 Å². The van der Waals surface area contributed by atoms with Crippen LogP contribution in [-0.4, -0.2) is 37.6 Å². The number of carbonyl (C=O) groups is 1. The van der Waals surface area contributed by atoms with E-state index in [2.05, 4.69) is 0 Å². The Balaban J connectivity index is 2.01. The molecule has 4 N–H and O–H groups in total. The van der Waals surface area contributed by atoms with Crippen molar-refractivity contribution in [2.24, 2.45) is 5.92 Å². The highest BCUT2D eigenvalue weighted by Gasteiger charge is 2.24. The van der Waals surface area contributed by atoms with E-state index in [0.29, 0.717) is 22.9 Å². The number of piperidine rings is 1. The largest absolute Gasteiger partial charge is 0.399 e. The van der Waals surface area contributed by atoms with E-state index in [1.807, 2.05) is 4.90 Å². The second-order valence-electron chi connectivity index (χ2n) is 5.04. The average Bonchev–Trinajstić information content (AvgIpc) is 2.39. The Labute approximate surface area is 113 Å². The number of anilines is 2. The number of nitrogen functional groups attached to an aromatic ring is 2. The summed E-state index contributed by atoms with van der Waals surface area (Å²) in [6.07, 6.45) is 1.96. The van der Waals surface area contributed by atoms with Crippen LogP contribution in [-0.2, 0) is 4.74 Å². The van der Waals surface area contributed by atoms with Crippen LogP contribution >= 0.6 is 0 Å². The standard InChI is InChI=1S/C14H21N3O2/c1-19-9-10-4-6-17(7-5-10)14(18)12-3-2-11(15)8-13(12)16/h2-3,8,10H,4-7,9,15-16H2,1H3. The second kappa shape index (κ2) is 5.93. The first-order chi connectivity index (χ1) is 9.11. The summed E-state index contributed by atoms with van der Waals surface area (Å²) in [5.74, 6) is 0.547. The Hall–Kier alpha value is -1.75. The van der Waals surface area contributed by atoms with Crippen LogP contribution in [0.3, 0.4) is 0 Å². The zero-order valence-electron chi connectivity index (χ0n) is 11.3. The summed E-state index contributed by atoms with van der Waals surface area (Å²) in [5, 5.41) is 0. The van der Waals surface area contributed by atoms with E-state index in [4.69, 9.17) is 16.2 Å². The van der Waals surface area contributed by atoms with Crippen molar-refractivity contribution in [3.63, 3.8) is 0 Å². The maximum atomic E-state index is 12.4. The highest BCUT2D eigenvalue weighted by atomic mass is 16.5. The van der Waals surface area contributed by atoms with Crippen molar-refractivity contribution in [2.45, 2.75) is 12.8 Å². The monoisotopic (exact) mass is 263 g/mol. The first kappa shape index (κ1) is 13.7. The first-order valence-electron chi connectivity index (χ1n) is 6.55. The number of nitrogens with two attached hydrogens (primary N) is 2. The lowest BCUT2D eigenvalue weighted by atomic mass is 9.97. The summed E-state index contributed by atoms with van der Waals surface area (Å²) in [6.45, 7) is 2.29. The van der Waals surface area contributed by atoms with Gasteiger partial charge in [-0.05, 0) is 37.0 Å². The number of benzene rings is 1. The maximum absolute atomic E-state index is 12.4. The topological polar surface area (TPSA) is 81.6 Å². The summed E-state index contributed by atoms with van der Waals surface area (Å²) < 4.78 is 5.16. The van der Waals surface area contributed by atoms with E-state index < -0.39 is 0 Å². The minimum atomic E-state index is -0.00614. The molecule has 0 aliphatic carbocycles. The van der Waals surface area contributed by atoms with Gasteiger partial charge in [0.15, 0.2) is 0 Å². The molecule has 0 spiro atoms. The number of amides is 1. The number of likely N-dealkylation sites (tertiary alicyclic amines) is 1. The molecule has 1 aromatic rings. The quantitative estimate of drug-likeness (QED) is 0.806. The van der Waals surface area contributed by atoms with Crippen molar-refractivity contribution in [2.75, 3.05) is 38.3 Å². The van der Waals surface area contributed by atoms with Gasteiger partial charge in [-0.25, -0.2) is 0 Å². The highest BCUT2D eigenvalue weighted by molar-refractivity contribution is 5.99. The lowest BCUT2D eigenvalue weighted by Crippen LogP contribution is -2.39. The smallest absolute Gasteiger partial charge is 0.255 e. The third-order valence-corrected chi connectivity index (χ3v) is 3.61. The molecule has 104 valence electrons. The van der Waals surface area contributed by atoms with E-state index in [9.17, 15) is 4.79 Å². The van der Waals surface area contributed by atoms with Gasteiger partial charge in [-0.15, -0.1) is 0 Å². The molecule has 1 amide bonds. The van der Waals surface area contributed by atoms with Crippen molar-refractivity contribution in [3.8, 4) is 0 Å². The second-order valence-corrected chi connectivity index (χ2v) is 5.04. The third kappa shape index (κ3) is 3.17.